The molecule has 2 rings (SSSR count). The van der Waals surface area contributed by atoms with Gasteiger partial charge in [-0.25, -0.2) is 4.79 Å². The smallest absolute Gasteiger partial charge is 0.410 e. The van der Waals surface area contributed by atoms with Crippen LogP contribution in [-0.4, -0.2) is 36.2 Å². The maximum absolute atomic E-state index is 12.2. The molecule has 20 heavy (non-hydrogen) atoms. The highest BCUT2D eigenvalue weighted by atomic mass is 16.6. The Kier molecular flexibility index (Phi) is 4.04. The zero-order valence-electron chi connectivity index (χ0n) is 12.8. The van der Waals surface area contributed by atoms with Crippen molar-refractivity contribution in [1.82, 2.24) is 10.2 Å². The Bertz CT molecular complexity index is 467. The van der Waals surface area contributed by atoms with Crippen LogP contribution in [0.3, 0.4) is 0 Å². The second-order valence-electron chi connectivity index (χ2n) is 6.53. The number of carbonyl (C=O) groups excluding carboxylic acids is 1. The third-order valence-electron chi connectivity index (χ3n) is 3.47. The van der Waals surface area contributed by atoms with E-state index in [4.69, 9.17) is 4.74 Å². The highest BCUT2D eigenvalue weighted by Crippen LogP contribution is 2.25. The van der Waals surface area contributed by atoms with Gasteiger partial charge >= 0.3 is 6.09 Å². The van der Waals surface area contributed by atoms with Crippen molar-refractivity contribution in [3.8, 4) is 0 Å². The van der Waals surface area contributed by atoms with E-state index in [1.54, 1.807) is 4.90 Å². The number of benzene rings is 1. The highest BCUT2D eigenvalue weighted by molar-refractivity contribution is 5.68. The molecule has 4 nitrogen and oxygen atoms in total. The molecule has 1 aliphatic heterocycles. The van der Waals surface area contributed by atoms with Gasteiger partial charge in [0.2, 0.25) is 0 Å². The van der Waals surface area contributed by atoms with Crippen molar-refractivity contribution in [2.24, 2.45) is 0 Å². The van der Waals surface area contributed by atoms with Gasteiger partial charge < -0.3 is 15.0 Å². The van der Waals surface area contributed by atoms with Crippen LogP contribution in [0.1, 0.15) is 33.3 Å². The maximum Gasteiger partial charge on any atom is 0.410 e. The van der Waals surface area contributed by atoms with Gasteiger partial charge in [-0.15, -0.1) is 0 Å². The summed E-state index contributed by atoms with van der Waals surface area (Å²) in [6.07, 6.45) is -0.235. The van der Waals surface area contributed by atoms with Gasteiger partial charge in [-0.2, -0.15) is 0 Å². The number of piperazine rings is 1. The Morgan fingerprint density at radius 1 is 1.30 bits per heavy atom. The fraction of sp³-hybridized carbons (Fsp3) is 0.562. The van der Waals surface area contributed by atoms with Crippen molar-refractivity contribution in [2.75, 3.05) is 19.6 Å². The molecule has 1 heterocycles. The molecule has 1 amide bonds. The molecular weight excluding hydrogens is 252 g/mol. The summed E-state index contributed by atoms with van der Waals surface area (Å²) in [6.45, 7) is 9.86. The Morgan fingerprint density at radius 2 is 1.95 bits per heavy atom. The largest absolute Gasteiger partial charge is 0.444 e. The normalized spacial score (nSPS) is 23.5. The van der Waals surface area contributed by atoms with Crippen LogP contribution >= 0.6 is 0 Å². The SMILES string of the molecule is CC(C)(C)OC(=O)N1CCNC(C)(c2ccccc2)C1. The fourth-order valence-corrected chi connectivity index (χ4v) is 2.47. The summed E-state index contributed by atoms with van der Waals surface area (Å²) in [5.41, 5.74) is 0.509. The van der Waals surface area contributed by atoms with E-state index in [2.05, 4.69) is 24.4 Å². The van der Waals surface area contributed by atoms with Gasteiger partial charge in [0, 0.05) is 19.6 Å². The van der Waals surface area contributed by atoms with Crippen molar-refractivity contribution in [3.05, 3.63) is 35.9 Å². The Hall–Kier alpha value is -1.55. The molecule has 1 aliphatic rings. The molecule has 0 aromatic heterocycles. The average Bonchev–Trinajstić information content (AvgIpc) is 2.38. The van der Waals surface area contributed by atoms with Crippen molar-refractivity contribution >= 4 is 6.09 Å². The van der Waals surface area contributed by atoms with Crippen LogP contribution in [0.15, 0.2) is 30.3 Å². The predicted molar refractivity (Wildman–Crippen MR) is 79.6 cm³/mol. The van der Waals surface area contributed by atoms with E-state index in [1.807, 2.05) is 39.0 Å². The van der Waals surface area contributed by atoms with Crippen LogP contribution in [0.4, 0.5) is 4.79 Å². The molecule has 110 valence electrons. The van der Waals surface area contributed by atoms with Crippen molar-refractivity contribution in [3.63, 3.8) is 0 Å². The average molecular weight is 276 g/mol. The lowest BCUT2D eigenvalue weighted by molar-refractivity contribution is 0.0133. The van der Waals surface area contributed by atoms with Gasteiger partial charge in [0.25, 0.3) is 0 Å². The summed E-state index contributed by atoms with van der Waals surface area (Å²) in [5, 5.41) is 3.51. The van der Waals surface area contributed by atoms with Gasteiger partial charge in [-0.05, 0) is 33.3 Å². The third-order valence-corrected chi connectivity index (χ3v) is 3.47. The molecule has 1 fully saturated rings. The van der Waals surface area contributed by atoms with Crippen LogP contribution in [0.5, 0.6) is 0 Å². The molecule has 1 saturated heterocycles. The summed E-state index contributed by atoms with van der Waals surface area (Å²) in [5.74, 6) is 0. The second kappa shape index (κ2) is 5.44. The zero-order valence-corrected chi connectivity index (χ0v) is 12.8. The van der Waals surface area contributed by atoms with E-state index in [9.17, 15) is 4.79 Å². The minimum atomic E-state index is -0.453. The summed E-state index contributed by atoms with van der Waals surface area (Å²) in [4.78, 5) is 14.0. The number of rotatable bonds is 1. The minimum Gasteiger partial charge on any atom is -0.444 e. The highest BCUT2D eigenvalue weighted by Gasteiger charge is 2.35. The molecule has 1 aromatic rings. The van der Waals surface area contributed by atoms with E-state index in [1.165, 1.54) is 5.56 Å². The lowest BCUT2D eigenvalue weighted by atomic mass is 9.90. The monoisotopic (exact) mass is 276 g/mol. The topological polar surface area (TPSA) is 41.6 Å². The van der Waals surface area contributed by atoms with E-state index in [0.29, 0.717) is 13.1 Å². The maximum atomic E-state index is 12.2. The van der Waals surface area contributed by atoms with Crippen LogP contribution in [0, 0.1) is 0 Å². The number of ether oxygens (including phenoxy) is 1. The van der Waals surface area contributed by atoms with E-state index < -0.39 is 5.60 Å². The van der Waals surface area contributed by atoms with Crippen molar-refractivity contribution < 1.29 is 9.53 Å². The number of nitrogens with one attached hydrogen (secondary N) is 1. The Morgan fingerprint density at radius 3 is 2.55 bits per heavy atom. The number of nitrogens with zero attached hydrogens (tertiary/aromatic N) is 1. The fourth-order valence-electron chi connectivity index (χ4n) is 2.47. The first kappa shape index (κ1) is 14.9. The lowest BCUT2D eigenvalue weighted by Gasteiger charge is -2.42. The predicted octanol–water partition coefficient (Wildman–Crippen LogP) is 2.74. The van der Waals surface area contributed by atoms with Crippen LogP contribution in [-0.2, 0) is 10.3 Å². The van der Waals surface area contributed by atoms with Gasteiger partial charge in [-0.1, -0.05) is 30.3 Å². The zero-order chi connectivity index (χ0) is 14.8. The first-order valence-corrected chi connectivity index (χ1v) is 7.09. The van der Waals surface area contributed by atoms with Gasteiger partial charge in [0.1, 0.15) is 5.60 Å². The molecule has 1 N–H and O–H groups in total. The quantitative estimate of drug-likeness (QED) is 0.857. The first-order chi connectivity index (χ1) is 9.30. The number of carbonyl (C=O) groups is 1. The second-order valence-corrected chi connectivity index (χ2v) is 6.53. The molecule has 0 radical (unpaired) electrons. The number of hydrogen-bond acceptors (Lipinski definition) is 3. The molecule has 0 spiro atoms. The molecule has 0 aliphatic carbocycles. The van der Waals surface area contributed by atoms with E-state index >= 15 is 0 Å². The molecule has 1 aromatic carbocycles. The van der Waals surface area contributed by atoms with Crippen molar-refractivity contribution in [2.45, 2.75) is 38.8 Å². The summed E-state index contributed by atoms with van der Waals surface area (Å²) in [6, 6.07) is 10.2. The first-order valence-electron chi connectivity index (χ1n) is 7.09. The molecular formula is C16H24N2O2. The van der Waals surface area contributed by atoms with E-state index in [-0.39, 0.29) is 11.6 Å². The van der Waals surface area contributed by atoms with Crippen LogP contribution in [0.2, 0.25) is 0 Å². The third kappa shape index (κ3) is 3.51. The summed E-state index contributed by atoms with van der Waals surface area (Å²) < 4.78 is 5.47. The Balaban J connectivity index is 2.11. The van der Waals surface area contributed by atoms with E-state index in [0.717, 1.165) is 6.54 Å². The van der Waals surface area contributed by atoms with Crippen molar-refractivity contribution in [1.29, 1.82) is 0 Å². The summed E-state index contributed by atoms with van der Waals surface area (Å²) >= 11 is 0. The number of hydrogen-bond donors (Lipinski definition) is 1. The van der Waals surface area contributed by atoms with Crippen LogP contribution in [0.25, 0.3) is 0 Å². The molecule has 1 unspecified atom stereocenters. The van der Waals surface area contributed by atoms with Crippen LogP contribution < -0.4 is 5.32 Å². The number of amides is 1. The molecule has 1 atom stereocenters. The van der Waals surface area contributed by atoms with Gasteiger partial charge in [0.15, 0.2) is 0 Å². The van der Waals surface area contributed by atoms with Gasteiger partial charge in [0.05, 0.1) is 5.54 Å². The Labute approximate surface area is 121 Å². The minimum absolute atomic E-state index is 0.226. The lowest BCUT2D eigenvalue weighted by Crippen LogP contribution is -2.58. The molecule has 4 heteroatoms. The molecule has 0 bridgehead atoms. The summed E-state index contributed by atoms with van der Waals surface area (Å²) in [7, 11) is 0. The van der Waals surface area contributed by atoms with Gasteiger partial charge in [-0.3, -0.25) is 0 Å². The molecule has 0 saturated carbocycles. The standard InChI is InChI=1S/C16H24N2O2/c1-15(2,3)20-14(19)18-11-10-17-16(4,12-18)13-8-6-5-7-9-13/h5-9,17H,10-12H2,1-4H3.